The molecule has 3 nitrogen and oxygen atoms in total. The van der Waals surface area contributed by atoms with Crippen LogP contribution >= 0.6 is 0 Å². The lowest BCUT2D eigenvalue weighted by atomic mass is 9.85. The number of carbonyl (C=O) groups excluding carboxylic acids is 1. The second-order valence-electron chi connectivity index (χ2n) is 5.73. The number of carbonyl (C=O) groups is 1. The third-order valence-corrected chi connectivity index (χ3v) is 4.35. The average molecular weight is 238 g/mol. The zero-order valence-electron chi connectivity index (χ0n) is 11.1. The molecular weight excluding hydrogens is 212 g/mol. The van der Waals surface area contributed by atoms with Crippen LogP contribution < -0.4 is 5.32 Å². The van der Waals surface area contributed by atoms with E-state index in [4.69, 9.17) is 0 Å². The quantitative estimate of drug-likeness (QED) is 0.816. The molecule has 2 aliphatic rings. The Hall–Kier alpha value is -0.570. The molecule has 0 spiro atoms. The number of hydrogen-bond acceptors (Lipinski definition) is 2. The van der Waals surface area contributed by atoms with E-state index in [2.05, 4.69) is 17.1 Å². The maximum Gasteiger partial charge on any atom is 0.222 e. The molecule has 0 bridgehead atoms. The van der Waals surface area contributed by atoms with Crippen molar-refractivity contribution in [2.24, 2.45) is 11.8 Å². The summed E-state index contributed by atoms with van der Waals surface area (Å²) in [5.41, 5.74) is 0. The van der Waals surface area contributed by atoms with Gasteiger partial charge < -0.3 is 10.2 Å². The Kier molecular flexibility index (Phi) is 4.84. The lowest BCUT2D eigenvalue weighted by molar-refractivity contribution is -0.133. The van der Waals surface area contributed by atoms with E-state index in [0.717, 1.165) is 32.6 Å². The molecule has 0 aromatic carbocycles. The highest BCUT2D eigenvalue weighted by Gasteiger charge is 2.24. The molecule has 2 fully saturated rings. The van der Waals surface area contributed by atoms with Crippen LogP contribution in [0.15, 0.2) is 0 Å². The summed E-state index contributed by atoms with van der Waals surface area (Å²) in [7, 11) is 0. The topological polar surface area (TPSA) is 32.3 Å². The van der Waals surface area contributed by atoms with Gasteiger partial charge in [0.25, 0.3) is 0 Å². The lowest BCUT2D eigenvalue weighted by Gasteiger charge is -2.31. The summed E-state index contributed by atoms with van der Waals surface area (Å²) in [5.74, 6) is 1.64. The van der Waals surface area contributed by atoms with E-state index in [-0.39, 0.29) is 0 Å². The van der Waals surface area contributed by atoms with Gasteiger partial charge in [-0.3, -0.25) is 4.79 Å². The molecule has 0 saturated carbocycles. The Labute approximate surface area is 105 Å². The van der Waals surface area contributed by atoms with Gasteiger partial charge in [0.1, 0.15) is 0 Å². The highest BCUT2D eigenvalue weighted by Crippen LogP contribution is 2.23. The molecule has 2 unspecified atom stereocenters. The molecule has 2 rings (SSSR count). The fraction of sp³-hybridized carbons (Fsp3) is 0.929. The van der Waals surface area contributed by atoms with Crippen molar-refractivity contribution in [2.45, 2.75) is 45.4 Å². The first kappa shape index (κ1) is 12.9. The summed E-state index contributed by atoms with van der Waals surface area (Å²) < 4.78 is 0. The van der Waals surface area contributed by atoms with Crippen LogP contribution in [0.25, 0.3) is 0 Å². The van der Waals surface area contributed by atoms with E-state index in [0.29, 0.717) is 17.7 Å². The molecule has 3 heteroatoms. The first-order valence-corrected chi connectivity index (χ1v) is 7.26. The molecule has 17 heavy (non-hydrogen) atoms. The highest BCUT2D eigenvalue weighted by molar-refractivity contribution is 5.76. The number of hydrogen-bond donors (Lipinski definition) is 1. The minimum Gasteiger partial charge on any atom is -0.343 e. The Morgan fingerprint density at radius 1 is 1.29 bits per heavy atom. The monoisotopic (exact) mass is 238 g/mol. The molecule has 2 heterocycles. The van der Waals surface area contributed by atoms with Gasteiger partial charge in [-0.05, 0) is 57.0 Å². The van der Waals surface area contributed by atoms with Crippen molar-refractivity contribution in [3.05, 3.63) is 0 Å². The summed E-state index contributed by atoms with van der Waals surface area (Å²) in [6.07, 6.45) is 7.02. The highest BCUT2D eigenvalue weighted by atomic mass is 16.2. The summed E-state index contributed by atoms with van der Waals surface area (Å²) in [6.45, 7) is 6.50. The van der Waals surface area contributed by atoms with Crippen LogP contribution in [-0.2, 0) is 4.79 Å². The van der Waals surface area contributed by atoms with Crippen LogP contribution in [0, 0.1) is 11.8 Å². The third kappa shape index (κ3) is 3.70. The van der Waals surface area contributed by atoms with Gasteiger partial charge in [0.15, 0.2) is 0 Å². The van der Waals surface area contributed by atoms with Crippen LogP contribution in [0.4, 0.5) is 0 Å². The van der Waals surface area contributed by atoms with Gasteiger partial charge in [0.2, 0.25) is 5.91 Å². The van der Waals surface area contributed by atoms with Crippen molar-refractivity contribution in [1.82, 2.24) is 10.2 Å². The zero-order chi connectivity index (χ0) is 12.1. The SMILES string of the molecule is CC(CC(=O)N1CCCCC1)C1CCCNC1. The molecule has 98 valence electrons. The molecule has 0 aliphatic carbocycles. The maximum absolute atomic E-state index is 12.2. The normalized spacial score (nSPS) is 27.8. The smallest absolute Gasteiger partial charge is 0.222 e. The Balaban J connectivity index is 1.76. The van der Waals surface area contributed by atoms with Gasteiger partial charge in [-0.15, -0.1) is 0 Å². The van der Waals surface area contributed by atoms with Crippen LogP contribution in [-0.4, -0.2) is 37.0 Å². The predicted molar refractivity (Wildman–Crippen MR) is 69.8 cm³/mol. The summed E-state index contributed by atoms with van der Waals surface area (Å²) in [6, 6.07) is 0. The average Bonchev–Trinajstić information content (AvgIpc) is 2.40. The largest absolute Gasteiger partial charge is 0.343 e. The van der Waals surface area contributed by atoms with Crippen molar-refractivity contribution in [2.75, 3.05) is 26.2 Å². The van der Waals surface area contributed by atoms with Gasteiger partial charge in [0, 0.05) is 19.5 Å². The molecular formula is C14H26N2O. The number of likely N-dealkylation sites (tertiary alicyclic amines) is 1. The maximum atomic E-state index is 12.2. The van der Waals surface area contributed by atoms with Crippen LogP contribution in [0.5, 0.6) is 0 Å². The molecule has 2 aliphatic heterocycles. The Morgan fingerprint density at radius 3 is 2.71 bits per heavy atom. The minimum absolute atomic E-state index is 0.391. The first-order chi connectivity index (χ1) is 8.27. The second-order valence-corrected chi connectivity index (χ2v) is 5.73. The Morgan fingerprint density at radius 2 is 2.06 bits per heavy atom. The van der Waals surface area contributed by atoms with Gasteiger partial charge in [-0.25, -0.2) is 0 Å². The van der Waals surface area contributed by atoms with Crippen molar-refractivity contribution in [3.63, 3.8) is 0 Å². The molecule has 2 saturated heterocycles. The third-order valence-electron chi connectivity index (χ3n) is 4.35. The van der Waals surface area contributed by atoms with E-state index in [9.17, 15) is 4.79 Å². The van der Waals surface area contributed by atoms with Crippen molar-refractivity contribution < 1.29 is 4.79 Å². The fourth-order valence-corrected chi connectivity index (χ4v) is 3.08. The lowest BCUT2D eigenvalue weighted by Crippen LogP contribution is -2.39. The molecule has 1 amide bonds. The van der Waals surface area contributed by atoms with E-state index < -0.39 is 0 Å². The zero-order valence-corrected chi connectivity index (χ0v) is 11.1. The van der Waals surface area contributed by atoms with Crippen LogP contribution in [0.1, 0.15) is 45.4 Å². The number of nitrogens with zero attached hydrogens (tertiary/aromatic N) is 1. The van der Waals surface area contributed by atoms with Gasteiger partial charge >= 0.3 is 0 Å². The first-order valence-electron chi connectivity index (χ1n) is 7.26. The number of piperidine rings is 2. The van der Waals surface area contributed by atoms with E-state index >= 15 is 0 Å². The molecule has 0 aromatic rings. The fourth-order valence-electron chi connectivity index (χ4n) is 3.08. The van der Waals surface area contributed by atoms with Gasteiger partial charge in [0.05, 0.1) is 0 Å². The number of rotatable bonds is 3. The summed E-state index contributed by atoms with van der Waals surface area (Å²) in [4.78, 5) is 14.2. The van der Waals surface area contributed by atoms with E-state index in [1.54, 1.807) is 0 Å². The van der Waals surface area contributed by atoms with Crippen molar-refractivity contribution in [1.29, 1.82) is 0 Å². The van der Waals surface area contributed by atoms with Gasteiger partial charge in [-0.1, -0.05) is 6.92 Å². The van der Waals surface area contributed by atoms with Crippen molar-refractivity contribution in [3.8, 4) is 0 Å². The number of nitrogens with one attached hydrogen (secondary N) is 1. The Bertz CT molecular complexity index is 243. The van der Waals surface area contributed by atoms with Crippen LogP contribution in [0.3, 0.4) is 0 Å². The molecule has 1 N–H and O–H groups in total. The summed E-state index contributed by atoms with van der Waals surface area (Å²) >= 11 is 0. The summed E-state index contributed by atoms with van der Waals surface area (Å²) in [5, 5.41) is 3.44. The predicted octanol–water partition coefficient (Wildman–Crippen LogP) is 2.02. The molecule has 0 aromatic heterocycles. The minimum atomic E-state index is 0.391. The van der Waals surface area contributed by atoms with Gasteiger partial charge in [-0.2, -0.15) is 0 Å². The van der Waals surface area contributed by atoms with E-state index in [1.807, 2.05) is 0 Å². The van der Waals surface area contributed by atoms with E-state index in [1.165, 1.54) is 32.1 Å². The molecule has 0 radical (unpaired) electrons. The van der Waals surface area contributed by atoms with Crippen LogP contribution in [0.2, 0.25) is 0 Å². The van der Waals surface area contributed by atoms with Crippen molar-refractivity contribution >= 4 is 5.91 Å². The number of amides is 1. The second kappa shape index (κ2) is 6.39. The molecule has 2 atom stereocenters. The standard InChI is InChI=1S/C14H26N2O/c1-12(13-6-5-7-15-11-13)10-14(17)16-8-3-2-4-9-16/h12-13,15H,2-11H2,1H3.